The fraction of sp³-hybridized carbons (Fsp3) is 0.846. The maximum Gasteiger partial charge on any atom is 0.150 e. The molecule has 1 heterocycles. The summed E-state index contributed by atoms with van der Waals surface area (Å²) in [6, 6.07) is 0.512. The Balaban J connectivity index is 2.35. The molecule has 17 heavy (non-hydrogen) atoms. The average Bonchev–Trinajstić information content (AvgIpc) is 2.83. The van der Waals surface area contributed by atoms with Crippen molar-refractivity contribution >= 4 is 0 Å². The van der Waals surface area contributed by atoms with E-state index < -0.39 is 0 Å². The molecule has 4 nitrogen and oxygen atoms in total. The third-order valence-electron chi connectivity index (χ3n) is 3.79. The number of aromatic nitrogens is 3. The van der Waals surface area contributed by atoms with Crippen LogP contribution in [0.4, 0.5) is 0 Å². The van der Waals surface area contributed by atoms with Crippen LogP contribution in [0.3, 0.4) is 0 Å². The first-order valence-corrected chi connectivity index (χ1v) is 6.58. The number of hydrogen-bond acceptors (Lipinski definition) is 3. The summed E-state index contributed by atoms with van der Waals surface area (Å²) in [5.41, 5.74) is 6.35. The van der Waals surface area contributed by atoms with Crippen molar-refractivity contribution in [3.63, 3.8) is 0 Å². The van der Waals surface area contributed by atoms with E-state index in [-0.39, 0.29) is 11.5 Å². The van der Waals surface area contributed by atoms with E-state index in [0.29, 0.717) is 6.04 Å². The van der Waals surface area contributed by atoms with Crippen molar-refractivity contribution in [2.24, 2.45) is 11.1 Å². The largest absolute Gasteiger partial charge is 0.321 e. The molecule has 4 heteroatoms. The van der Waals surface area contributed by atoms with E-state index in [1.165, 1.54) is 25.7 Å². The second kappa shape index (κ2) is 4.41. The van der Waals surface area contributed by atoms with Crippen LogP contribution in [0.1, 0.15) is 70.2 Å². The van der Waals surface area contributed by atoms with Gasteiger partial charge in [0.05, 0.1) is 6.04 Å². The zero-order valence-corrected chi connectivity index (χ0v) is 11.4. The summed E-state index contributed by atoms with van der Waals surface area (Å²) in [6.07, 6.45) is 5.10. The van der Waals surface area contributed by atoms with Gasteiger partial charge < -0.3 is 10.3 Å². The van der Waals surface area contributed by atoms with Gasteiger partial charge in [-0.3, -0.25) is 0 Å². The quantitative estimate of drug-likeness (QED) is 0.859. The van der Waals surface area contributed by atoms with Crippen molar-refractivity contribution in [2.75, 3.05) is 0 Å². The summed E-state index contributed by atoms with van der Waals surface area (Å²) in [6.45, 7) is 8.49. The monoisotopic (exact) mass is 236 g/mol. The Bertz CT molecular complexity index is 383. The summed E-state index contributed by atoms with van der Waals surface area (Å²) in [5.74, 6) is 1.97. The molecule has 1 atom stereocenters. The first-order valence-electron chi connectivity index (χ1n) is 6.58. The van der Waals surface area contributed by atoms with Gasteiger partial charge in [-0.1, -0.05) is 33.6 Å². The zero-order chi connectivity index (χ0) is 12.6. The molecular formula is C13H24N4. The third-order valence-corrected chi connectivity index (χ3v) is 3.79. The van der Waals surface area contributed by atoms with Gasteiger partial charge in [0.2, 0.25) is 0 Å². The minimum Gasteiger partial charge on any atom is -0.321 e. The van der Waals surface area contributed by atoms with Crippen LogP contribution in [0.5, 0.6) is 0 Å². The molecule has 96 valence electrons. The number of rotatable bonds is 2. The maximum atomic E-state index is 6.33. The first kappa shape index (κ1) is 12.6. The molecular weight excluding hydrogens is 212 g/mol. The van der Waals surface area contributed by atoms with Crippen LogP contribution in [0.15, 0.2) is 0 Å². The van der Waals surface area contributed by atoms with Crippen LogP contribution < -0.4 is 5.73 Å². The van der Waals surface area contributed by atoms with Gasteiger partial charge in [0.15, 0.2) is 5.82 Å². The van der Waals surface area contributed by atoms with Crippen molar-refractivity contribution in [3.05, 3.63) is 11.6 Å². The Morgan fingerprint density at radius 2 is 1.82 bits per heavy atom. The highest BCUT2D eigenvalue weighted by Gasteiger charge is 2.30. The highest BCUT2D eigenvalue weighted by molar-refractivity contribution is 5.05. The van der Waals surface area contributed by atoms with E-state index in [0.717, 1.165) is 11.6 Å². The van der Waals surface area contributed by atoms with Crippen molar-refractivity contribution in [1.82, 2.24) is 14.8 Å². The van der Waals surface area contributed by atoms with Gasteiger partial charge in [0, 0.05) is 6.04 Å². The summed E-state index contributed by atoms with van der Waals surface area (Å²) >= 11 is 0. The van der Waals surface area contributed by atoms with Crippen LogP contribution in [0.25, 0.3) is 0 Å². The highest BCUT2D eigenvalue weighted by atomic mass is 15.3. The van der Waals surface area contributed by atoms with Crippen molar-refractivity contribution in [3.8, 4) is 0 Å². The van der Waals surface area contributed by atoms with Crippen LogP contribution in [0, 0.1) is 12.3 Å². The predicted molar refractivity (Wildman–Crippen MR) is 68.6 cm³/mol. The Kier molecular flexibility index (Phi) is 3.25. The average molecular weight is 236 g/mol. The molecule has 0 radical (unpaired) electrons. The van der Waals surface area contributed by atoms with Crippen LogP contribution in [-0.4, -0.2) is 14.8 Å². The van der Waals surface area contributed by atoms with Gasteiger partial charge in [-0.25, -0.2) is 0 Å². The molecule has 0 aliphatic heterocycles. The number of hydrogen-bond donors (Lipinski definition) is 1. The molecule has 1 aliphatic rings. The van der Waals surface area contributed by atoms with E-state index in [9.17, 15) is 0 Å². The van der Waals surface area contributed by atoms with E-state index >= 15 is 0 Å². The third kappa shape index (κ3) is 2.37. The molecule has 0 spiro atoms. The standard InChI is InChI=1S/C13H24N4/c1-9-15-16-12(11(14)13(2,3)4)17(9)10-7-5-6-8-10/h10-11H,5-8,14H2,1-4H3. The molecule has 2 N–H and O–H groups in total. The molecule has 0 bridgehead atoms. The molecule has 1 unspecified atom stereocenters. The molecule has 1 aromatic heterocycles. The Labute approximate surface area is 104 Å². The SMILES string of the molecule is Cc1nnc(C(N)C(C)(C)C)n1C1CCCC1. The van der Waals surface area contributed by atoms with Gasteiger partial charge in [-0.05, 0) is 25.2 Å². The van der Waals surface area contributed by atoms with Gasteiger partial charge in [0.1, 0.15) is 5.82 Å². The lowest BCUT2D eigenvalue weighted by molar-refractivity contribution is 0.299. The molecule has 2 rings (SSSR count). The molecule has 1 saturated carbocycles. The number of aryl methyl sites for hydroxylation is 1. The van der Waals surface area contributed by atoms with Gasteiger partial charge in [0.25, 0.3) is 0 Å². The minimum atomic E-state index is -0.0516. The zero-order valence-electron chi connectivity index (χ0n) is 11.4. The van der Waals surface area contributed by atoms with E-state index in [1.54, 1.807) is 0 Å². The van der Waals surface area contributed by atoms with Gasteiger partial charge in [-0.15, -0.1) is 10.2 Å². The van der Waals surface area contributed by atoms with Gasteiger partial charge in [-0.2, -0.15) is 0 Å². The lowest BCUT2D eigenvalue weighted by atomic mass is 9.87. The van der Waals surface area contributed by atoms with Crippen molar-refractivity contribution in [2.45, 2.75) is 65.5 Å². The molecule has 1 aliphatic carbocycles. The fourth-order valence-corrected chi connectivity index (χ4v) is 2.60. The summed E-state index contributed by atoms with van der Waals surface area (Å²) < 4.78 is 2.28. The fourth-order valence-electron chi connectivity index (χ4n) is 2.60. The van der Waals surface area contributed by atoms with Crippen LogP contribution >= 0.6 is 0 Å². The lowest BCUT2D eigenvalue weighted by Gasteiger charge is -2.28. The first-order chi connectivity index (χ1) is 7.91. The second-order valence-electron chi connectivity index (χ2n) is 6.26. The molecule has 1 fully saturated rings. The minimum absolute atomic E-state index is 0.0236. The summed E-state index contributed by atoms with van der Waals surface area (Å²) in [4.78, 5) is 0. The number of nitrogens with two attached hydrogens (primary N) is 1. The predicted octanol–water partition coefficient (Wildman–Crippen LogP) is 2.75. The molecule has 0 amide bonds. The number of nitrogens with zero attached hydrogens (tertiary/aromatic N) is 3. The normalized spacial score (nSPS) is 19.8. The van der Waals surface area contributed by atoms with Crippen molar-refractivity contribution in [1.29, 1.82) is 0 Å². The van der Waals surface area contributed by atoms with Crippen LogP contribution in [-0.2, 0) is 0 Å². The van der Waals surface area contributed by atoms with E-state index in [2.05, 4.69) is 35.5 Å². The van der Waals surface area contributed by atoms with Crippen molar-refractivity contribution < 1.29 is 0 Å². The van der Waals surface area contributed by atoms with Gasteiger partial charge >= 0.3 is 0 Å². The summed E-state index contributed by atoms with van der Waals surface area (Å²) in [5, 5.41) is 8.54. The smallest absolute Gasteiger partial charge is 0.150 e. The Morgan fingerprint density at radius 1 is 1.24 bits per heavy atom. The van der Waals surface area contributed by atoms with Crippen LogP contribution in [0.2, 0.25) is 0 Å². The Morgan fingerprint density at radius 3 is 2.35 bits per heavy atom. The second-order valence-corrected chi connectivity index (χ2v) is 6.26. The Hall–Kier alpha value is -0.900. The van der Waals surface area contributed by atoms with E-state index in [1.807, 2.05) is 6.92 Å². The molecule has 0 saturated heterocycles. The summed E-state index contributed by atoms with van der Waals surface area (Å²) in [7, 11) is 0. The maximum absolute atomic E-state index is 6.33. The molecule has 0 aromatic carbocycles. The molecule has 1 aromatic rings. The highest BCUT2D eigenvalue weighted by Crippen LogP contribution is 2.35. The van der Waals surface area contributed by atoms with E-state index in [4.69, 9.17) is 5.73 Å². The topological polar surface area (TPSA) is 56.7 Å². The lowest BCUT2D eigenvalue weighted by Crippen LogP contribution is -2.30.